The molecule has 17 heavy (non-hydrogen) atoms. The maximum Gasteiger partial charge on any atom is 0.233 e. The number of aromatic nitrogens is 2. The van der Waals surface area contributed by atoms with Crippen LogP contribution in [0.1, 0.15) is 40.5 Å². The fourth-order valence-corrected chi connectivity index (χ4v) is 2.13. The van der Waals surface area contributed by atoms with Crippen molar-refractivity contribution in [2.45, 2.75) is 40.5 Å². The Morgan fingerprint density at radius 3 is 2.00 bits per heavy atom. The average Bonchev–Trinajstić information content (AvgIpc) is 2.64. The van der Waals surface area contributed by atoms with Crippen molar-refractivity contribution < 1.29 is 0 Å². The molecule has 0 saturated heterocycles. The number of rotatable bonds is 7. The Morgan fingerprint density at radius 2 is 1.65 bits per heavy atom. The van der Waals surface area contributed by atoms with E-state index in [1.165, 1.54) is 24.4 Å². The summed E-state index contributed by atoms with van der Waals surface area (Å²) in [6.07, 6.45) is 2.36. The summed E-state index contributed by atoms with van der Waals surface area (Å²) in [5, 5.41) is 0.962. The van der Waals surface area contributed by atoms with Crippen LogP contribution in [0, 0.1) is 11.8 Å². The van der Waals surface area contributed by atoms with Gasteiger partial charge in [-0.2, -0.15) is 9.36 Å². The Hall–Kier alpha value is -0.840. The van der Waals surface area contributed by atoms with Gasteiger partial charge in [-0.1, -0.05) is 27.7 Å². The molecule has 0 aliphatic rings. The number of nitrogens with zero attached hydrogens (tertiary/aromatic N) is 3. The minimum absolute atomic E-state index is 0.393. The summed E-state index contributed by atoms with van der Waals surface area (Å²) >= 11 is 1.40. The summed E-state index contributed by atoms with van der Waals surface area (Å²) < 4.78 is 4.06. The van der Waals surface area contributed by atoms with E-state index < -0.39 is 0 Å². The zero-order valence-electron chi connectivity index (χ0n) is 11.3. The monoisotopic (exact) mass is 256 g/mol. The van der Waals surface area contributed by atoms with E-state index in [0.717, 1.165) is 18.2 Å². The van der Waals surface area contributed by atoms with E-state index >= 15 is 0 Å². The molecular weight excluding hydrogens is 232 g/mol. The average molecular weight is 256 g/mol. The summed E-state index contributed by atoms with van der Waals surface area (Å²) in [4.78, 5) is 6.59. The van der Waals surface area contributed by atoms with E-state index in [1.807, 2.05) is 0 Å². The molecular formula is C12H24N4S. The lowest BCUT2D eigenvalue weighted by atomic mass is 10.1. The van der Waals surface area contributed by atoms with Crippen molar-refractivity contribution >= 4 is 22.6 Å². The van der Waals surface area contributed by atoms with Crippen LogP contribution < -0.4 is 10.6 Å². The fourth-order valence-electron chi connectivity index (χ4n) is 1.49. The SMILES string of the molecule is CC(C)CCN(CCC(C)C)c1nc(N)ns1. The standard InChI is InChI=1S/C12H24N4S/c1-9(2)5-7-16(8-6-10(3)4)12-14-11(13)15-17-12/h9-10H,5-8H2,1-4H3,(H2,13,15). The van der Waals surface area contributed by atoms with E-state index in [9.17, 15) is 0 Å². The van der Waals surface area contributed by atoms with Gasteiger partial charge in [-0.25, -0.2) is 0 Å². The summed E-state index contributed by atoms with van der Waals surface area (Å²) in [5.41, 5.74) is 5.59. The van der Waals surface area contributed by atoms with Crippen LogP contribution in [0.5, 0.6) is 0 Å². The molecule has 1 aromatic rings. The lowest BCUT2D eigenvalue weighted by Gasteiger charge is -2.23. The fraction of sp³-hybridized carbons (Fsp3) is 0.833. The summed E-state index contributed by atoms with van der Waals surface area (Å²) in [6, 6.07) is 0. The maximum absolute atomic E-state index is 5.59. The topological polar surface area (TPSA) is 55.0 Å². The lowest BCUT2D eigenvalue weighted by molar-refractivity contribution is 0.535. The number of hydrogen-bond acceptors (Lipinski definition) is 5. The molecule has 2 N–H and O–H groups in total. The van der Waals surface area contributed by atoms with Crippen molar-refractivity contribution in [3.05, 3.63) is 0 Å². The van der Waals surface area contributed by atoms with Crippen molar-refractivity contribution in [1.29, 1.82) is 0 Å². The number of nitrogens with two attached hydrogens (primary N) is 1. The molecule has 0 saturated carbocycles. The van der Waals surface area contributed by atoms with Crippen molar-refractivity contribution in [3.63, 3.8) is 0 Å². The Balaban J connectivity index is 2.58. The van der Waals surface area contributed by atoms with Crippen LogP contribution in [0.25, 0.3) is 0 Å². The van der Waals surface area contributed by atoms with Crippen LogP contribution in [0.4, 0.5) is 11.1 Å². The van der Waals surface area contributed by atoms with Crippen molar-refractivity contribution in [3.8, 4) is 0 Å². The highest BCUT2D eigenvalue weighted by Gasteiger charge is 2.12. The van der Waals surface area contributed by atoms with Crippen LogP contribution in [-0.2, 0) is 0 Å². The number of hydrogen-bond donors (Lipinski definition) is 1. The molecule has 5 heteroatoms. The molecule has 0 radical (unpaired) electrons. The molecule has 0 amide bonds. The highest BCUT2D eigenvalue weighted by molar-refractivity contribution is 7.09. The van der Waals surface area contributed by atoms with Gasteiger partial charge in [0.1, 0.15) is 0 Å². The first-order valence-corrected chi connectivity index (χ1v) is 7.10. The van der Waals surface area contributed by atoms with Gasteiger partial charge in [-0.3, -0.25) is 0 Å². The molecule has 1 aromatic heterocycles. The zero-order valence-corrected chi connectivity index (χ0v) is 12.1. The molecule has 0 aliphatic heterocycles. The van der Waals surface area contributed by atoms with Gasteiger partial charge in [-0.15, -0.1) is 0 Å². The van der Waals surface area contributed by atoms with Gasteiger partial charge in [0, 0.05) is 24.6 Å². The van der Waals surface area contributed by atoms with E-state index in [4.69, 9.17) is 5.73 Å². The summed E-state index contributed by atoms with van der Waals surface area (Å²) in [5.74, 6) is 1.81. The third kappa shape index (κ3) is 5.35. The highest BCUT2D eigenvalue weighted by atomic mass is 32.1. The smallest absolute Gasteiger partial charge is 0.233 e. The van der Waals surface area contributed by atoms with Gasteiger partial charge >= 0.3 is 0 Å². The van der Waals surface area contributed by atoms with Gasteiger partial charge in [0.05, 0.1) is 0 Å². The van der Waals surface area contributed by atoms with Crippen LogP contribution in [0.3, 0.4) is 0 Å². The van der Waals surface area contributed by atoms with Gasteiger partial charge in [0.2, 0.25) is 11.1 Å². The third-order valence-corrected chi connectivity index (χ3v) is 3.45. The number of anilines is 2. The van der Waals surface area contributed by atoms with E-state index in [2.05, 4.69) is 42.0 Å². The minimum atomic E-state index is 0.393. The van der Waals surface area contributed by atoms with Crippen LogP contribution >= 0.6 is 11.5 Å². The molecule has 4 nitrogen and oxygen atoms in total. The molecule has 1 rings (SSSR count). The van der Waals surface area contributed by atoms with E-state index in [0.29, 0.717) is 17.8 Å². The second kappa shape index (κ2) is 6.79. The zero-order chi connectivity index (χ0) is 12.8. The van der Waals surface area contributed by atoms with Gasteiger partial charge in [0.25, 0.3) is 0 Å². The Kier molecular flexibility index (Phi) is 5.68. The first-order chi connectivity index (χ1) is 7.99. The van der Waals surface area contributed by atoms with Crippen molar-refractivity contribution in [1.82, 2.24) is 9.36 Å². The normalized spacial score (nSPS) is 11.4. The molecule has 0 unspecified atom stereocenters. The molecule has 0 aliphatic carbocycles. The quantitative estimate of drug-likeness (QED) is 0.814. The first kappa shape index (κ1) is 14.2. The highest BCUT2D eigenvalue weighted by Crippen LogP contribution is 2.20. The van der Waals surface area contributed by atoms with Crippen LogP contribution in [0.15, 0.2) is 0 Å². The largest absolute Gasteiger partial charge is 0.367 e. The van der Waals surface area contributed by atoms with Crippen LogP contribution in [0.2, 0.25) is 0 Å². The van der Waals surface area contributed by atoms with E-state index in [1.54, 1.807) is 0 Å². The van der Waals surface area contributed by atoms with E-state index in [-0.39, 0.29) is 0 Å². The molecule has 0 bridgehead atoms. The second-order valence-corrected chi connectivity index (χ2v) is 6.02. The molecule has 98 valence electrons. The van der Waals surface area contributed by atoms with Gasteiger partial charge < -0.3 is 10.6 Å². The molecule has 0 aromatic carbocycles. The predicted octanol–water partition coefficient (Wildman–Crippen LogP) is 3.02. The molecule has 0 fully saturated rings. The predicted molar refractivity (Wildman–Crippen MR) is 75.4 cm³/mol. The minimum Gasteiger partial charge on any atom is -0.367 e. The van der Waals surface area contributed by atoms with Gasteiger partial charge in [0.15, 0.2) is 0 Å². The van der Waals surface area contributed by atoms with Crippen molar-refractivity contribution in [2.75, 3.05) is 23.7 Å². The molecule has 0 atom stereocenters. The first-order valence-electron chi connectivity index (χ1n) is 6.33. The third-order valence-electron chi connectivity index (χ3n) is 2.65. The summed E-state index contributed by atoms with van der Waals surface area (Å²) in [6.45, 7) is 11.1. The van der Waals surface area contributed by atoms with Crippen molar-refractivity contribution in [2.24, 2.45) is 11.8 Å². The summed E-state index contributed by atoms with van der Waals surface area (Å²) in [7, 11) is 0. The Labute approximate surface area is 108 Å². The van der Waals surface area contributed by atoms with Gasteiger partial charge in [-0.05, 0) is 24.7 Å². The van der Waals surface area contributed by atoms with Crippen LogP contribution in [-0.4, -0.2) is 22.4 Å². The number of nitrogen functional groups attached to an aromatic ring is 1. The Bertz CT molecular complexity index is 310. The molecule has 1 heterocycles. The lowest BCUT2D eigenvalue weighted by Crippen LogP contribution is -2.27. The second-order valence-electron chi connectivity index (χ2n) is 5.29. The Morgan fingerprint density at radius 1 is 1.12 bits per heavy atom. The molecule has 0 spiro atoms. The maximum atomic E-state index is 5.59.